The molecule has 0 aromatic carbocycles. The van der Waals surface area contributed by atoms with Crippen LogP contribution in [0.5, 0.6) is 0 Å². The summed E-state index contributed by atoms with van der Waals surface area (Å²) in [6.45, 7) is 8.31. The van der Waals surface area contributed by atoms with Gasteiger partial charge in [-0.25, -0.2) is 0 Å². The highest BCUT2D eigenvalue weighted by atomic mass is 16.2. The predicted octanol–water partition coefficient (Wildman–Crippen LogP) is 0.877. The van der Waals surface area contributed by atoms with Crippen molar-refractivity contribution in [2.75, 3.05) is 13.1 Å². The van der Waals surface area contributed by atoms with Gasteiger partial charge in [0.15, 0.2) is 0 Å². The summed E-state index contributed by atoms with van der Waals surface area (Å²) >= 11 is 0. The van der Waals surface area contributed by atoms with Gasteiger partial charge in [0.1, 0.15) is 0 Å². The third kappa shape index (κ3) is 3.45. The molecule has 1 heterocycles. The molecule has 2 rings (SSSR count). The summed E-state index contributed by atoms with van der Waals surface area (Å²) < 4.78 is 0. The smallest absolute Gasteiger partial charge is 0.238 e. The molecule has 1 aliphatic heterocycles. The number of hydrogen-bond donors (Lipinski definition) is 3. The van der Waals surface area contributed by atoms with E-state index in [2.05, 4.69) is 36.7 Å². The van der Waals surface area contributed by atoms with Crippen molar-refractivity contribution in [3.8, 4) is 0 Å². The lowest BCUT2D eigenvalue weighted by molar-refractivity contribution is -0.124. The molecule has 0 aromatic heterocycles. The van der Waals surface area contributed by atoms with Gasteiger partial charge in [0, 0.05) is 25.2 Å². The fourth-order valence-corrected chi connectivity index (χ4v) is 3.13. The second-order valence-electron chi connectivity index (χ2n) is 6.28. The number of nitrogens with one attached hydrogen (secondary N) is 3. The van der Waals surface area contributed by atoms with Crippen molar-refractivity contribution < 1.29 is 4.79 Å². The van der Waals surface area contributed by atoms with Crippen LogP contribution in [0, 0.1) is 11.8 Å². The molecule has 18 heavy (non-hydrogen) atoms. The number of piperazine rings is 1. The summed E-state index contributed by atoms with van der Waals surface area (Å²) in [5, 5.41) is 9.88. The highest BCUT2D eigenvalue weighted by molar-refractivity contribution is 5.82. The summed E-state index contributed by atoms with van der Waals surface area (Å²) in [5.41, 5.74) is 0. The Morgan fingerprint density at radius 2 is 1.89 bits per heavy atom. The Kier molecular flexibility index (Phi) is 4.62. The topological polar surface area (TPSA) is 53.2 Å². The molecule has 1 saturated heterocycles. The van der Waals surface area contributed by atoms with Gasteiger partial charge >= 0.3 is 0 Å². The van der Waals surface area contributed by atoms with E-state index in [1.165, 1.54) is 12.8 Å². The van der Waals surface area contributed by atoms with Crippen molar-refractivity contribution in [3.63, 3.8) is 0 Å². The molecule has 3 N–H and O–H groups in total. The van der Waals surface area contributed by atoms with Crippen molar-refractivity contribution in [2.24, 2.45) is 11.8 Å². The molecule has 104 valence electrons. The van der Waals surface area contributed by atoms with E-state index in [-0.39, 0.29) is 11.9 Å². The molecule has 2 fully saturated rings. The van der Waals surface area contributed by atoms with Crippen molar-refractivity contribution >= 4 is 5.91 Å². The van der Waals surface area contributed by atoms with E-state index in [0.717, 1.165) is 25.4 Å². The summed E-state index contributed by atoms with van der Waals surface area (Å²) in [4.78, 5) is 12.2. The number of hydrogen-bond acceptors (Lipinski definition) is 3. The lowest BCUT2D eigenvalue weighted by Crippen LogP contribution is -2.60. The van der Waals surface area contributed by atoms with Crippen LogP contribution < -0.4 is 16.0 Å². The van der Waals surface area contributed by atoms with Crippen LogP contribution in [0.1, 0.15) is 40.0 Å². The number of carbonyl (C=O) groups excluding carboxylic acids is 1. The van der Waals surface area contributed by atoms with Gasteiger partial charge in [-0.2, -0.15) is 0 Å². The van der Waals surface area contributed by atoms with Crippen molar-refractivity contribution in [1.82, 2.24) is 16.0 Å². The maximum Gasteiger partial charge on any atom is 0.238 e. The van der Waals surface area contributed by atoms with Gasteiger partial charge in [0.05, 0.1) is 6.04 Å². The molecule has 4 heteroatoms. The van der Waals surface area contributed by atoms with Gasteiger partial charge < -0.3 is 16.0 Å². The summed E-state index contributed by atoms with van der Waals surface area (Å²) in [5.74, 6) is 1.58. The Labute approximate surface area is 110 Å². The van der Waals surface area contributed by atoms with E-state index in [1.807, 2.05) is 0 Å². The van der Waals surface area contributed by atoms with Crippen LogP contribution in [-0.2, 0) is 4.79 Å². The third-order valence-corrected chi connectivity index (χ3v) is 4.42. The molecule has 0 aromatic rings. The van der Waals surface area contributed by atoms with Crippen LogP contribution >= 0.6 is 0 Å². The van der Waals surface area contributed by atoms with E-state index >= 15 is 0 Å². The Bertz CT molecular complexity index is 287. The van der Waals surface area contributed by atoms with Crippen LogP contribution in [0.2, 0.25) is 0 Å². The third-order valence-electron chi connectivity index (χ3n) is 4.42. The van der Waals surface area contributed by atoms with Crippen LogP contribution in [0.4, 0.5) is 0 Å². The van der Waals surface area contributed by atoms with Gasteiger partial charge in [-0.15, -0.1) is 0 Å². The minimum absolute atomic E-state index is 0.0623. The number of rotatable bonds is 2. The minimum atomic E-state index is -0.0623. The normalized spacial score (nSPS) is 41.4. The average Bonchev–Trinajstić information content (AvgIpc) is 2.33. The molecule has 1 amide bonds. The highest BCUT2D eigenvalue weighted by Crippen LogP contribution is 2.28. The van der Waals surface area contributed by atoms with E-state index in [0.29, 0.717) is 18.0 Å². The van der Waals surface area contributed by atoms with Crippen LogP contribution in [-0.4, -0.2) is 37.1 Å². The zero-order valence-corrected chi connectivity index (χ0v) is 11.8. The first-order chi connectivity index (χ1) is 8.56. The molecule has 0 radical (unpaired) electrons. The Hall–Kier alpha value is -0.610. The van der Waals surface area contributed by atoms with E-state index in [4.69, 9.17) is 0 Å². The first-order valence-corrected chi connectivity index (χ1v) is 7.33. The first kappa shape index (κ1) is 13.8. The van der Waals surface area contributed by atoms with E-state index in [9.17, 15) is 4.79 Å². The van der Waals surface area contributed by atoms with E-state index < -0.39 is 0 Å². The van der Waals surface area contributed by atoms with Gasteiger partial charge in [-0.1, -0.05) is 13.8 Å². The molecule has 0 bridgehead atoms. The van der Waals surface area contributed by atoms with Crippen molar-refractivity contribution in [3.05, 3.63) is 0 Å². The Morgan fingerprint density at radius 3 is 2.50 bits per heavy atom. The summed E-state index contributed by atoms with van der Waals surface area (Å²) in [7, 11) is 0. The second kappa shape index (κ2) is 6.02. The zero-order valence-electron chi connectivity index (χ0n) is 11.8. The van der Waals surface area contributed by atoms with Crippen molar-refractivity contribution in [2.45, 2.75) is 58.2 Å². The zero-order chi connectivity index (χ0) is 13.1. The SMILES string of the molecule is CC1CCC(NC(=O)C2CNC(C)CN2)C(C)C1. The fraction of sp³-hybridized carbons (Fsp3) is 0.929. The van der Waals surface area contributed by atoms with Crippen LogP contribution in [0.15, 0.2) is 0 Å². The Balaban J connectivity index is 1.80. The quantitative estimate of drug-likeness (QED) is 0.685. The molecule has 0 spiro atoms. The average molecular weight is 253 g/mol. The molecule has 5 atom stereocenters. The maximum atomic E-state index is 12.2. The largest absolute Gasteiger partial charge is 0.352 e. The van der Waals surface area contributed by atoms with Gasteiger partial charge in [-0.05, 0) is 38.0 Å². The maximum absolute atomic E-state index is 12.2. The minimum Gasteiger partial charge on any atom is -0.352 e. The summed E-state index contributed by atoms with van der Waals surface area (Å²) in [6.07, 6.45) is 3.60. The van der Waals surface area contributed by atoms with Gasteiger partial charge in [0.25, 0.3) is 0 Å². The lowest BCUT2D eigenvalue weighted by atomic mass is 9.80. The number of amides is 1. The highest BCUT2D eigenvalue weighted by Gasteiger charge is 2.29. The van der Waals surface area contributed by atoms with Crippen LogP contribution in [0.3, 0.4) is 0 Å². The molecule has 1 aliphatic carbocycles. The molecule has 5 unspecified atom stereocenters. The molecule has 2 aliphatic rings. The molecular weight excluding hydrogens is 226 g/mol. The predicted molar refractivity (Wildman–Crippen MR) is 73.4 cm³/mol. The lowest BCUT2D eigenvalue weighted by Gasteiger charge is -2.35. The molecule has 4 nitrogen and oxygen atoms in total. The Morgan fingerprint density at radius 1 is 1.11 bits per heavy atom. The number of carbonyl (C=O) groups is 1. The molecular formula is C14H27N3O. The standard InChI is InChI=1S/C14H27N3O/c1-9-4-5-12(10(2)6-9)17-14(18)13-8-15-11(3)7-16-13/h9-13,15-16H,4-8H2,1-3H3,(H,17,18). The molecule has 1 saturated carbocycles. The monoisotopic (exact) mass is 253 g/mol. The van der Waals surface area contributed by atoms with E-state index in [1.54, 1.807) is 0 Å². The van der Waals surface area contributed by atoms with Gasteiger partial charge in [-0.3, -0.25) is 4.79 Å². The van der Waals surface area contributed by atoms with Gasteiger partial charge in [0.2, 0.25) is 5.91 Å². The second-order valence-corrected chi connectivity index (χ2v) is 6.28. The van der Waals surface area contributed by atoms with Crippen molar-refractivity contribution in [1.29, 1.82) is 0 Å². The fourth-order valence-electron chi connectivity index (χ4n) is 3.13. The van der Waals surface area contributed by atoms with Crippen LogP contribution in [0.25, 0.3) is 0 Å². The summed E-state index contributed by atoms with van der Waals surface area (Å²) in [6, 6.07) is 0.770. The first-order valence-electron chi connectivity index (χ1n) is 7.33.